The molecule has 136 valence electrons. The first-order valence-electron chi connectivity index (χ1n) is 8.35. The van der Waals surface area contributed by atoms with Gasteiger partial charge in [-0.25, -0.2) is 4.39 Å². The van der Waals surface area contributed by atoms with E-state index in [1.165, 1.54) is 17.4 Å². The number of carbonyl (C=O) groups is 1. The van der Waals surface area contributed by atoms with E-state index < -0.39 is 5.82 Å². The van der Waals surface area contributed by atoms with E-state index in [9.17, 15) is 9.18 Å². The van der Waals surface area contributed by atoms with Crippen molar-refractivity contribution in [3.05, 3.63) is 69.9 Å². The van der Waals surface area contributed by atoms with Crippen LogP contribution in [0, 0.1) is 5.82 Å². The third-order valence-electron chi connectivity index (χ3n) is 3.95. The Kier molecular flexibility index (Phi) is 5.68. The molecule has 2 aromatic heterocycles. The number of para-hydroxylation sites is 1. The highest BCUT2D eigenvalue weighted by Crippen LogP contribution is 2.21. The van der Waals surface area contributed by atoms with E-state index in [1.807, 2.05) is 30.0 Å². The molecular formula is C19H20FN3O2S. The monoisotopic (exact) mass is 373 g/mol. The van der Waals surface area contributed by atoms with Crippen LogP contribution < -0.4 is 10.1 Å². The molecule has 0 aliphatic heterocycles. The van der Waals surface area contributed by atoms with E-state index in [-0.39, 0.29) is 24.3 Å². The van der Waals surface area contributed by atoms with Crippen LogP contribution in [0.15, 0.2) is 48.0 Å². The van der Waals surface area contributed by atoms with Crippen molar-refractivity contribution >= 4 is 17.2 Å². The number of aryl methyl sites for hydroxylation is 1. The van der Waals surface area contributed by atoms with Crippen molar-refractivity contribution < 1.29 is 13.9 Å². The van der Waals surface area contributed by atoms with Crippen molar-refractivity contribution in [2.75, 3.05) is 0 Å². The molecule has 5 nitrogen and oxygen atoms in total. The van der Waals surface area contributed by atoms with Crippen molar-refractivity contribution in [2.45, 2.75) is 33.0 Å². The van der Waals surface area contributed by atoms with Gasteiger partial charge in [-0.15, -0.1) is 11.3 Å². The van der Waals surface area contributed by atoms with Crippen LogP contribution in [-0.4, -0.2) is 15.7 Å². The number of thiophene rings is 1. The largest absolute Gasteiger partial charge is 0.486 e. The summed E-state index contributed by atoms with van der Waals surface area (Å²) in [6.07, 6.45) is 1.73. The minimum absolute atomic E-state index is 0.148. The zero-order valence-electron chi connectivity index (χ0n) is 14.6. The lowest BCUT2D eigenvalue weighted by molar-refractivity contribution is 0.0942. The molecule has 0 aliphatic rings. The lowest BCUT2D eigenvalue weighted by Gasteiger charge is -2.14. The Morgan fingerprint density at radius 3 is 2.96 bits per heavy atom. The van der Waals surface area contributed by atoms with Crippen LogP contribution in [0.25, 0.3) is 0 Å². The highest BCUT2D eigenvalue weighted by Gasteiger charge is 2.16. The summed E-state index contributed by atoms with van der Waals surface area (Å²) in [6, 6.07) is 9.78. The molecule has 1 unspecified atom stereocenters. The van der Waals surface area contributed by atoms with Crippen molar-refractivity contribution in [3.8, 4) is 5.75 Å². The topological polar surface area (TPSA) is 56.2 Å². The van der Waals surface area contributed by atoms with Gasteiger partial charge in [0.25, 0.3) is 5.91 Å². The van der Waals surface area contributed by atoms with Gasteiger partial charge in [-0.05, 0) is 43.5 Å². The summed E-state index contributed by atoms with van der Waals surface area (Å²) >= 11 is 1.34. The van der Waals surface area contributed by atoms with Crippen molar-refractivity contribution in [3.63, 3.8) is 0 Å². The lowest BCUT2D eigenvalue weighted by Crippen LogP contribution is -2.27. The van der Waals surface area contributed by atoms with Crippen molar-refractivity contribution in [1.29, 1.82) is 0 Å². The number of ether oxygens (including phenoxy) is 1. The molecule has 3 aromatic rings. The summed E-state index contributed by atoms with van der Waals surface area (Å²) in [4.78, 5) is 13.0. The predicted octanol–water partition coefficient (Wildman–Crippen LogP) is 4.17. The molecule has 0 radical (unpaired) electrons. The van der Waals surface area contributed by atoms with Gasteiger partial charge in [0.2, 0.25) is 0 Å². The molecule has 1 amide bonds. The maximum absolute atomic E-state index is 13.6. The fourth-order valence-corrected chi connectivity index (χ4v) is 3.41. The van der Waals surface area contributed by atoms with E-state index in [0.29, 0.717) is 4.88 Å². The minimum Gasteiger partial charge on any atom is -0.486 e. The summed E-state index contributed by atoms with van der Waals surface area (Å²) in [5.41, 5.74) is 1.79. The van der Waals surface area contributed by atoms with E-state index in [1.54, 1.807) is 30.5 Å². The quantitative estimate of drug-likeness (QED) is 0.676. The summed E-state index contributed by atoms with van der Waals surface area (Å²) < 4.78 is 20.9. The number of nitrogens with one attached hydrogen (secondary N) is 1. The predicted molar refractivity (Wildman–Crippen MR) is 98.8 cm³/mol. The van der Waals surface area contributed by atoms with Gasteiger partial charge in [0.15, 0.2) is 11.6 Å². The number of aromatic nitrogens is 2. The molecule has 1 aromatic carbocycles. The Morgan fingerprint density at radius 1 is 1.38 bits per heavy atom. The zero-order chi connectivity index (χ0) is 18.5. The summed E-state index contributed by atoms with van der Waals surface area (Å²) in [7, 11) is 0. The second-order valence-corrected chi connectivity index (χ2v) is 6.72. The number of hydrogen-bond donors (Lipinski definition) is 1. The minimum atomic E-state index is -0.401. The fraction of sp³-hybridized carbons (Fsp3) is 0.263. The molecular weight excluding hydrogens is 353 g/mol. The van der Waals surface area contributed by atoms with Crippen LogP contribution in [0.3, 0.4) is 0 Å². The summed E-state index contributed by atoms with van der Waals surface area (Å²) in [5, 5.41) is 9.04. The first-order valence-corrected chi connectivity index (χ1v) is 9.23. The Bertz CT molecular complexity index is 890. The standard InChI is InChI=1S/C19H20FN3O2S/c1-3-23-16(8-9-21-23)13(2)22-19(24)18-10-14(12-26-18)11-25-17-7-5-4-6-15(17)20/h4-10,12-13H,3,11H2,1-2H3,(H,22,24). The van der Waals surface area contributed by atoms with E-state index >= 15 is 0 Å². The van der Waals surface area contributed by atoms with E-state index in [0.717, 1.165) is 17.8 Å². The first kappa shape index (κ1) is 18.1. The molecule has 0 saturated heterocycles. The lowest BCUT2D eigenvalue weighted by atomic mass is 10.2. The second-order valence-electron chi connectivity index (χ2n) is 5.81. The number of nitrogens with zero attached hydrogens (tertiary/aromatic N) is 2. The molecule has 1 N–H and O–H groups in total. The number of halogens is 1. The van der Waals surface area contributed by atoms with Crippen LogP contribution >= 0.6 is 11.3 Å². The smallest absolute Gasteiger partial charge is 0.261 e. The van der Waals surface area contributed by atoms with Gasteiger partial charge < -0.3 is 10.1 Å². The highest BCUT2D eigenvalue weighted by molar-refractivity contribution is 7.12. The Hall–Kier alpha value is -2.67. The van der Waals surface area contributed by atoms with Crippen LogP contribution in [0.1, 0.15) is 40.8 Å². The molecule has 0 bridgehead atoms. The normalized spacial score (nSPS) is 12.0. The summed E-state index contributed by atoms with van der Waals surface area (Å²) in [6.45, 7) is 4.89. The third-order valence-corrected chi connectivity index (χ3v) is 4.93. The van der Waals surface area contributed by atoms with Gasteiger partial charge in [-0.1, -0.05) is 12.1 Å². The maximum atomic E-state index is 13.6. The number of benzene rings is 1. The molecule has 0 spiro atoms. The molecule has 1 atom stereocenters. The number of hydrogen-bond acceptors (Lipinski definition) is 4. The van der Waals surface area contributed by atoms with Crippen LogP contribution in [0.5, 0.6) is 5.75 Å². The van der Waals surface area contributed by atoms with Gasteiger partial charge >= 0.3 is 0 Å². The molecule has 0 aliphatic carbocycles. The van der Waals surface area contributed by atoms with E-state index in [2.05, 4.69) is 10.4 Å². The maximum Gasteiger partial charge on any atom is 0.261 e. The SMILES string of the molecule is CCn1nccc1C(C)NC(=O)c1cc(COc2ccccc2F)cs1. The Morgan fingerprint density at radius 2 is 2.19 bits per heavy atom. The van der Waals surface area contributed by atoms with E-state index in [4.69, 9.17) is 4.74 Å². The third kappa shape index (κ3) is 4.11. The van der Waals surface area contributed by atoms with Gasteiger partial charge in [0.05, 0.1) is 16.6 Å². The molecule has 7 heteroatoms. The molecule has 0 saturated carbocycles. The zero-order valence-corrected chi connectivity index (χ0v) is 15.4. The van der Waals surface area contributed by atoms with Crippen LogP contribution in [0.4, 0.5) is 4.39 Å². The summed E-state index contributed by atoms with van der Waals surface area (Å²) in [5.74, 6) is -0.350. The first-order chi connectivity index (χ1) is 12.6. The molecule has 0 fully saturated rings. The van der Waals surface area contributed by atoms with Gasteiger partial charge in [0, 0.05) is 18.3 Å². The average Bonchev–Trinajstić information content (AvgIpc) is 3.30. The van der Waals surface area contributed by atoms with Gasteiger partial charge in [0.1, 0.15) is 6.61 Å². The van der Waals surface area contributed by atoms with Crippen LogP contribution in [0.2, 0.25) is 0 Å². The number of carbonyl (C=O) groups excluding carboxylic acids is 1. The Labute approximate surface area is 155 Å². The molecule has 2 heterocycles. The number of amides is 1. The van der Waals surface area contributed by atoms with Crippen molar-refractivity contribution in [2.24, 2.45) is 0 Å². The van der Waals surface area contributed by atoms with Crippen LogP contribution in [-0.2, 0) is 13.2 Å². The molecule has 3 rings (SSSR count). The Balaban J connectivity index is 1.60. The van der Waals surface area contributed by atoms with Gasteiger partial charge in [-0.2, -0.15) is 5.10 Å². The average molecular weight is 373 g/mol. The highest BCUT2D eigenvalue weighted by atomic mass is 32.1. The van der Waals surface area contributed by atoms with Gasteiger partial charge in [-0.3, -0.25) is 9.48 Å². The second kappa shape index (κ2) is 8.14. The van der Waals surface area contributed by atoms with Crippen molar-refractivity contribution in [1.82, 2.24) is 15.1 Å². The fourth-order valence-electron chi connectivity index (χ4n) is 2.61. The molecule has 26 heavy (non-hydrogen) atoms. The number of rotatable bonds is 7.